The summed E-state index contributed by atoms with van der Waals surface area (Å²) in [5, 5.41) is 3.27. The van der Waals surface area contributed by atoms with Crippen LogP contribution in [0.4, 0.5) is 10.1 Å². The molecule has 2 aromatic rings. The van der Waals surface area contributed by atoms with Crippen LogP contribution in [0.1, 0.15) is 11.3 Å². The van der Waals surface area contributed by atoms with E-state index in [1.165, 1.54) is 12.1 Å². The van der Waals surface area contributed by atoms with Crippen LogP contribution in [0.25, 0.3) is 0 Å². The largest absolute Gasteiger partial charge is 0.380 e. The first-order valence-electron chi connectivity index (χ1n) is 5.26. The second-order valence-corrected chi connectivity index (χ2v) is 4.56. The van der Waals surface area contributed by atoms with Gasteiger partial charge in [-0.3, -0.25) is 0 Å². The number of aryl methyl sites for hydroxylation is 1. The Morgan fingerprint density at radius 2 is 1.88 bits per heavy atom. The molecule has 1 N–H and O–H groups in total. The van der Waals surface area contributed by atoms with Gasteiger partial charge in [-0.1, -0.05) is 12.1 Å². The molecule has 2 rings (SSSR count). The van der Waals surface area contributed by atoms with Gasteiger partial charge in [0.15, 0.2) is 0 Å². The quantitative estimate of drug-likeness (QED) is 0.869. The predicted molar refractivity (Wildman–Crippen MR) is 70.4 cm³/mol. The molecular formula is C13H12BrFN2. The Kier molecular flexibility index (Phi) is 3.74. The highest BCUT2D eigenvalue weighted by atomic mass is 79.9. The molecule has 1 aromatic carbocycles. The molecule has 88 valence electrons. The lowest BCUT2D eigenvalue weighted by Crippen LogP contribution is -2.02. The van der Waals surface area contributed by atoms with Crippen LogP contribution in [0.5, 0.6) is 0 Å². The molecule has 0 amide bonds. The number of nitrogens with one attached hydrogen (secondary N) is 1. The molecule has 0 fully saturated rings. The summed E-state index contributed by atoms with van der Waals surface area (Å²) in [6.07, 6.45) is 0. The average Bonchev–Trinajstić information content (AvgIpc) is 2.30. The van der Waals surface area contributed by atoms with E-state index in [0.717, 1.165) is 21.5 Å². The molecule has 17 heavy (non-hydrogen) atoms. The maximum Gasteiger partial charge on any atom is 0.123 e. The van der Waals surface area contributed by atoms with Gasteiger partial charge < -0.3 is 5.32 Å². The zero-order valence-electron chi connectivity index (χ0n) is 9.37. The van der Waals surface area contributed by atoms with Crippen molar-refractivity contribution in [2.45, 2.75) is 13.5 Å². The van der Waals surface area contributed by atoms with Crippen LogP contribution in [-0.4, -0.2) is 4.98 Å². The van der Waals surface area contributed by atoms with Gasteiger partial charge in [-0.25, -0.2) is 9.37 Å². The molecule has 2 nitrogen and oxygen atoms in total. The Bertz CT molecular complexity index is 511. The second kappa shape index (κ2) is 5.27. The fourth-order valence-corrected chi connectivity index (χ4v) is 1.91. The molecule has 1 heterocycles. The van der Waals surface area contributed by atoms with Crippen LogP contribution >= 0.6 is 15.9 Å². The highest BCUT2D eigenvalue weighted by Gasteiger charge is 2.00. The van der Waals surface area contributed by atoms with Gasteiger partial charge in [-0.15, -0.1) is 0 Å². The van der Waals surface area contributed by atoms with Gasteiger partial charge in [0.25, 0.3) is 0 Å². The Morgan fingerprint density at radius 3 is 2.53 bits per heavy atom. The van der Waals surface area contributed by atoms with Crippen LogP contribution in [-0.2, 0) is 6.54 Å². The summed E-state index contributed by atoms with van der Waals surface area (Å²) in [5.41, 5.74) is 2.95. The molecule has 0 saturated heterocycles. The van der Waals surface area contributed by atoms with E-state index in [4.69, 9.17) is 0 Å². The highest BCUT2D eigenvalue weighted by molar-refractivity contribution is 9.10. The van der Waals surface area contributed by atoms with Gasteiger partial charge >= 0.3 is 0 Å². The van der Waals surface area contributed by atoms with E-state index in [1.807, 2.05) is 19.1 Å². The number of hydrogen-bond donors (Lipinski definition) is 1. The topological polar surface area (TPSA) is 24.9 Å². The molecule has 0 unspecified atom stereocenters. The van der Waals surface area contributed by atoms with Crippen LogP contribution in [0.3, 0.4) is 0 Å². The molecular weight excluding hydrogens is 283 g/mol. The summed E-state index contributed by atoms with van der Waals surface area (Å²) in [6, 6.07) is 10.3. The third-order valence-electron chi connectivity index (χ3n) is 2.45. The Balaban J connectivity index is 2.04. The number of halogens is 2. The summed E-state index contributed by atoms with van der Waals surface area (Å²) in [4.78, 5) is 4.29. The Morgan fingerprint density at radius 1 is 1.18 bits per heavy atom. The molecule has 0 aliphatic rings. The summed E-state index contributed by atoms with van der Waals surface area (Å²) in [6.45, 7) is 2.60. The number of nitrogens with zero attached hydrogens (tertiary/aromatic N) is 1. The van der Waals surface area contributed by atoms with E-state index in [0.29, 0.717) is 6.54 Å². The predicted octanol–water partition coefficient (Wildman–Crippen LogP) is 3.90. The van der Waals surface area contributed by atoms with Gasteiger partial charge in [-0.05, 0) is 52.7 Å². The molecule has 0 atom stereocenters. The van der Waals surface area contributed by atoms with Crippen molar-refractivity contribution < 1.29 is 4.39 Å². The van der Waals surface area contributed by atoms with Crippen molar-refractivity contribution in [1.82, 2.24) is 4.98 Å². The maximum absolute atomic E-state index is 12.7. The lowest BCUT2D eigenvalue weighted by molar-refractivity contribution is 0.627. The van der Waals surface area contributed by atoms with Crippen molar-refractivity contribution >= 4 is 21.6 Å². The minimum absolute atomic E-state index is 0.213. The van der Waals surface area contributed by atoms with E-state index in [1.54, 1.807) is 12.1 Å². The normalized spacial score (nSPS) is 10.3. The summed E-state index contributed by atoms with van der Waals surface area (Å²) in [7, 11) is 0. The third kappa shape index (κ3) is 3.27. The number of benzene rings is 1. The monoisotopic (exact) mass is 294 g/mol. The van der Waals surface area contributed by atoms with Crippen molar-refractivity contribution in [3.05, 3.63) is 58.1 Å². The number of pyridine rings is 1. The second-order valence-electron chi connectivity index (χ2n) is 3.75. The van der Waals surface area contributed by atoms with Crippen molar-refractivity contribution in [2.75, 3.05) is 5.32 Å². The van der Waals surface area contributed by atoms with Crippen LogP contribution in [0.2, 0.25) is 0 Å². The summed E-state index contributed by atoms with van der Waals surface area (Å²) < 4.78 is 13.5. The molecule has 0 spiro atoms. The number of anilines is 1. The van der Waals surface area contributed by atoms with E-state index in [-0.39, 0.29) is 5.82 Å². The summed E-state index contributed by atoms with van der Waals surface area (Å²) >= 11 is 3.32. The van der Waals surface area contributed by atoms with Crippen LogP contribution < -0.4 is 5.32 Å². The Hall–Kier alpha value is -1.42. The molecule has 0 aliphatic heterocycles. The summed E-state index contributed by atoms with van der Waals surface area (Å²) in [5.74, 6) is -0.213. The van der Waals surface area contributed by atoms with Crippen LogP contribution in [0, 0.1) is 12.7 Å². The molecule has 0 saturated carbocycles. The fourth-order valence-electron chi connectivity index (χ4n) is 1.52. The maximum atomic E-state index is 12.7. The molecule has 1 aromatic heterocycles. The van der Waals surface area contributed by atoms with Gasteiger partial charge in [0.2, 0.25) is 0 Å². The highest BCUT2D eigenvalue weighted by Crippen LogP contribution is 2.17. The molecule has 0 aliphatic carbocycles. The van der Waals surface area contributed by atoms with E-state index in [9.17, 15) is 4.39 Å². The van der Waals surface area contributed by atoms with Crippen molar-refractivity contribution in [2.24, 2.45) is 0 Å². The zero-order chi connectivity index (χ0) is 12.3. The van der Waals surface area contributed by atoms with Crippen LogP contribution in [0.15, 0.2) is 41.0 Å². The minimum atomic E-state index is -0.213. The third-order valence-corrected chi connectivity index (χ3v) is 2.89. The van der Waals surface area contributed by atoms with Gasteiger partial charge in [-0.2, -0.15) is 0 Å². The average molecular weight is 295 g/mol. The molecule has 4 heteroatoms. The number of aromatic nitrogens is 1. The van der Waals surface area contributed by atoms with E-state index >= 15 is 0 Å². The lowest BCUT2D eigenvalue weighted by Gasteiger charge is -2.09. The first-order chi connectivity index (χ1) is 8.15. The van der Waals surface area contributed by atoms with Gasteiger partial charge in [0, 0.05) is 6.54 Å². The van der Waals surface area contributed by atoms with Gasteiger partial charge in [0.1, 0.15) is 10.4 Å². The molecule has 0 bridgehead atoms. The first-order valence-corrected chi connectivity index (χ1v) is 6.06. The van der Waals surface area contributed by atoms with Crippen molar-refractivity contribution in [3.63, 3.8) is 0 Å². The number of rotatable bonds is 3. The molecule has 0 radical (unpaired) electrons. The van der Waals surface area contributed by atoms with Gasteiger partial charge in [0.05, 0.1) is 11.4 Å². The smallest absolute Gasteiger partial charge is 0.123 e. The van der Waals surface area contributed by atoms with Crippen molar-refractivity contribution in [3.8, 4) is 0 Å². The first kappa shape index (κ1) is 12.0. The minimum Gasteiger partial charge on any atom is -0.380 e. The SMILES string of the molecule is Cc1nc(Br)ccc1NCc1ccc(F)cc1. The fraction of sp³-hybridized carbons (Fsp3) is 0.154. The van der Waals surface area contributed by atoms with Crippen molar-refractivity contribution in [1.29, 1.82) is 0 Å². The lowest BCUT2D eigenvalue weighted by atomic mass is 10.2. The van der Waals surface area contributed by atoms with E-state index in [2.05, 4.69) is 26.2 Å². The Labute approximate surface area is 108 Å². The standard InChI is InChI=1S/C13H12BrFN2/c1-9-12(6-7-13(14)17-9)16-8-10-2-4-11(15)5-3-10/h2-7,16H,8H2,1H3. The van der Waals surface area contributed by atoms with E-state index < -0.39 is 0 Å². The number of hydrogen-bond acceptors (Lipinski definition) is 2. The zero-order valence-corrected chi connectivity index (χ0v) is 11.0.